The van der Waals surface area contributed by atoms with E-state index in [4.69, 9.17) is 16.3 Å². The summed E-state index contributed by atoms with van der Waals surface area (Å²) in [6.07, 6.45) is 2.70. The first-order chi connectivity index (χ1) is 9.87. The Balaban J connectivity index is 2.30. The van der Waals surface area contributed by atoms with Gasteiger partial charge >= 0.3 is 6.09 Å². The summed E-state index contributed by atoms with van der Waals surface area (Å²) in [5, 5.41) is 3.32. The third kappa shape index (κ3) is 4.20. The Morgan fingerprint density at radius 3 is 2.57 bits per heavy atom. The molecule has 0 atom stereocenters. The third-order valence-electron chi connectivity index (χ3n) is 2.62. The van der Waals surface area contributed by atoms with Gasteiger partial charge in [-0.25, -0.2) is 4.79 Å². The van der Waals surface area contributed by atoms with E-state index in [0.717, 1.165) is 11.1 Å². The average molecular weight is 305 g/mol. The van der Waals surface area contributed by atoms with Crippen molar-refractivity contribution in [2.24, 2.45) is 0 Å². The molecule has 5 heteroatoms. The van der Waals surface area contributed by atoms with Gasteiger partial charge in [0.25, 0.3) is 0 Å². The first-order valence-corrected chi connectivity index (χ1v) is 6.93. The van der Waals surface area contributed by atoms with Crippen molar-refractivity contribution < 1.29 is 9.53 Å². The fourth-order valence-electron chi connectivity index (χ4n) is 1.82. The van der Waals surface area contributed by atoms with Crippen molar-refractivity contribution in [2.45, 2.75) is 26.4 Å². The highest BCUT2D eigenvalue weighted by atomic mass is 35.5. The monoisotopic (exact) mass is 304 g/mol. The van der Waals surface area contributed by atoms with Crippen molar-refractivity contribution in [3.05, 3.63) is 47.7 Å². The van der Waals surface area contributed by atoms with Gasteiger partial charge in [-0.3, -0.25) is 10.3 Å². The third-order valence-corrected chi connectivity index (χ3v) is 2.95. The number of hydrogen-bond donors (Lipinski definition) is 1. The standard InChI is InChI=1S/C16H17ClN2O2/c1-16(2,3)21-15(20)19-14-10-18-9-8-12(14)11-6-4-5-7-13(11)17/h4-10H,1-3H3,(H,19,20). The van der Waals surface area contributed by atoms with E-state index in [-0.39, 0.29) is 0 Å². The van der Waals surface area contributed by atoms with Crippen LogP contribution in [0.5, 0.6) is 0 Å². The summed E-state index contributed by atoms with van der Waals surface area (Å²) in [7, 11) is 0. The number of nitrogens with one attached hydrogen (secondary N) is 1. The highest BCUT2D eigenvalue weighted by molar-refractivity contribution is 6.33. The summed E-state index contributed by atoms with van der Waals surface area (Å²) in [5.41, 5.74) is 1.62. The molecule has 0 aliphatic rings. The van der Waals surface area contributed by atoms with E-state index in [1.807, 2.05) is 39.0 Å². The summed E-state index contributed by atoms with van der Waals surface area (Å²) in [6, 6.07) is 9.23. The summed E-state index contributed by atoms with van der Waals surface area (Å²) in [4.78, 5) is 15.9. The lowest BCUT2D eigenvalue weighted by Gasteiger charge is -2.20. The predicted octanol–water partition coefficient (Wildman–Crippen LogP) is 4.75. The van der Waals surface area contributed by atoms with Gasteiger partial charge in [0, 0.05) is 22.3 Å². The maximum Gasteiger partial charge on any atom is 0.412 e. The maximum absolute atomic E-state index is 11.9. The van der Waals surface area contributed by atoms with Gasteiger partial charge in [-0.1, -0.05) is 29.8 Å². The largest absolute Gasteiger partial charge is 0.444 e. The normalized spacial score (nSPS) is 11.0. The van der Waals surface area contributed by atoms with E-state index in [1.165, 1.54) is 0 Å². The summed E-state index contributed by atoms with van der Waals surface area (Å²) in [6.45, 7) is 5.43. The van der Waals surface area contributed by atoms with Crippen LogP contribution >= 0.6 is 11.6 Å². The maximum atomic E-state index is 11.9. The highest BCUT2D eigenvalue weighted by Crippen LogP contribution is 2.32. The second kappa shape index (κ2) is 6.14. The molecule has 0 saturated heterocycles. The minimum Gasteiger partial charge on any atom is -0.444 e. The molecule has 0 unspecified atom stereocenters. The van der Waals surface area contributed by atoms with Crippen LogP contribution in [0.3, 0.4) is 0 Å². The zero-order valence-corrected chi connectivity index (χ0v) is 12.9. The molecule has 0 spiro atoms. The predicted molar refractivity (Wildman–Crippen MR) is 84.5 cm³/mol. The second-order valence-electron chi connectivity index (χ2n) is 5.53. The van der Waals surface area contributed by atoms with Crippen molar-refractivity contribution in [1.82, 2.24) is 4.98 Å². The van der Waals surface area contributed by atoms with Crippen LogP contribution in [-0.2, 0) is 4.74 Å². The molecule has 2 rings (SSSR count). The Hall–Kier alpha value is -2.07. The van der Waals surface area contributed by atoms with Gasteiger partial charge in [0.05, 0.1) is 11.9 Å². The van der Waals surface area contributed by atoms with E-state index in [9.17, 15) is 4.79 Å². The molecular weight excluding hydrogens is 288 g/mol. The molecule has 0 radical (unpaired) electrons. The van der Waals surface area contributed by atoms with Crippen LogP contribution in [0.1, 0.15) is 20.8 Å². The van der Waals surface area contributed by atoms with E-state index in [1.54, 1.807) is 24.5 Å². The van der Waals surface area contributed by atoms with Gasteiger partial charge in [0.1, 0.15) is 5.60 Å². The minimum atomic E-state index is -0.559. The number of nitrogens with zero attached hydrogens (tertiary/aromatic N) is 1. The van der Waals surface area contributed by atoms with Crippen LogP contribution in [-0.4, -0.2) is 16.7 Å². The molecule has 110 valence electrons. The second-order valence-corrected chi connectivity index (χ2v) is 5.94. The molecule has 0 aliphatic carbocycles. The topological polar surface area (TPSA) is 51.2 Å². The lowest BCUT2D eigenvalue weighted by atomic mass is 10.1. The number of ether oxygens (including phenoxy) is 1. The van der Waals surface area contributed by atoms with Gasteiger partial charge in [0.2, 0.25) is 0 Å². The fraction of sp³-hybridized carbons (Fsp3) is 0.250. The lowest BCUT2D eigenvalue weighted by molar-refractivity contribution is 0.0636. The fourth-order valence-corrected chi connectivity index (χ4v) is 2.06. The van der Waals surface area contributed by atoms with Crippen molar-refractivity contribution >= 4 is 23.4 Å². The number of pyridine rings is 1. The molecule has 1 aromatic heterocycles. The number of anilines is 1. The number of amides is 1. The number of rotatable bonds is 2. The molecule has 1 aromatic carbocycles. The molecule has 1 amide bonds. The Bertz CT molecular complexity index is 651. The van der Waals surface area contributed by atoms with Crippen LogP contribution in [0.4, 0.5) is 10.5 Å². The van der Waals surface area contributed by atoms with Crippen LogP contribution < -0.4 is 5.32 Å². The zero-order chi connectivity index (χ0) is 15.5. The Labute approximate surface area is 129 Å². The molecule has 2 aromatic rings. The van der Waals surface area contributed by atoms with Crippen molar-refractivity contribution in [3.63, 3.8) is 0 Å². The van der Waals surface area contributed by atoms with Crippen LogP contribution in [0.2, 0.25) is 5.02 Å². The van der Waals surface area contributed by atoms with Gasteiger partial charge in [-0.15, -0.1) is 0 Å². The van der Waals surface area contributed by atoms with Crippen LogP contribution in [0.25, 0.3) is 11.1 Å². The number of halogens is 1. The molecule has 1 N–H and O–H groups in total. The first kappa shape index (κ1) is 15.3. The summed E-state index contributed by atoms with van der Waals surface area (Å²) >= 11 is 6.21. The molecule has 0 aliphatic heterocycles. The number of benzene rings is 1. The molecular formula is C16H17ClN2O2. The van der Waals surface area contributed by atoms with Crippen molar-refractivity contribution in [3.8, 4) is 11.1 Å². The Morgan fingerprint density at radius 2 is 1.90 bits per heavy atom. The average Bonchev–Trinajstić information content (AvgIpc) is 2.38. The molecule has 4 nitrogen and oxygen atoms in total. The molecule has 0 bridgehead atoms. The van der Waals surface area contributed by atoms with Gasteiger partial charge < -0.3 is 4.74 Å². The summed E-state index contributed by atoms with van der Waals surface area (Å²) < 4.78 is 5.25. The van der Waals surface area contributed by atoms with Crippen LogP contribution in [0.15, 0.2) is 42.7 Å². The van der Waals surface area contributed by atoms with Gasteiger partial charge in [-0.2, -0.15) is 0 Å². The Kier molecular flexibility index (Phi) is 4.48. The van der Waals surface area contributed by atoms with E-state index >= 15 is 0 Å². The smallest absolute Gasteiger partial charge is 0.412 e. The number of hydrogen-bond acceptors (Lipinski definition) is 3. The molecule has 0 saturated carbocycles. The molecule has 1 heterocycles. The minimum absolute atomic E-state index is 0.524. The molecule has 0 fully saturated rings. The Morgan fingerprint density at radius 1 is 1.19 bits per heavy atom. The lowest BCUT2D eigenvalue weighted by Crippen LogP contribution is -2.27. The van der Waals surface area contributed by atoms with Crippen molar-refractivity contribution in [1.29, 1.82) is 0 Å². The number of aromatic nitrogens is 1. The van der Waals surface area contributed by atoms with E-state index in [0.29, 0.717) is 10.7 Å². The van der Waals surface area contributed by atoms with E-state index < -0.39 is 11.7 Å². The van der Waals surface area contributed by atoms with Gasteiger partial charge in [0.15, 0.2) is 0 Å². The van der Waals surface area contributed by atoms with Gasteiger partial charge in [-0.05, 0) is 32.9 Å². The zero-order valence-electron chi connectivity index (χ0n) is 12.2. The summed E-state index contributed by atoms with van der Waals surface area (Å²) in [5.74, 6) is 0. The quantitative estimate of drug-likeness (QED) is 0.871. The first-order valence-electron chi connectivity index (χ1n) is 6.56. The van der Waals surface area contributed by atoms with E-state index in [2.05, 4.69) is 10.3 Å². The SMILES string of the molecule is CC(C)(C)OC(=O)Nc1cnccc1-c1ccccc1Cl. The number of carbonyl (C=O) groups is 1. The number of carbonyl (C=O) groups excluding carboxylic acids is 1. The van der Waals surface area contributed by atoms with Crippen LogP contribution in [0, 0.1) is 0 Å². The molecule has 21 heavy (non-hydrogen) atoms. The highest BCUT2D eigenvalue weighted by Gasteiger charge is 2.18. The van der Waals surface area contributed by atoms with Crippen molar-refractivity contribution in [2.75, 3.05) is 5.32 Å².